The smallest absolute Gasteiger partial charge is 0.261 e. The average molecular weight is 299 g/mol. The summed E-state index contributed by atoms with van der Waals surface area (Å²) in [7, 11) is 1.71. The van der Waals surface area contributed by atoms with Crippen LogP contribution in [0.5, 0.6) is 0 Å². The molecule has 0 aromatic heterocycles. The Morgan fingerprint density at radius 3 is 2.50 bits per heavy atom. The summed E-state index contributed by atoms with van der Waals surface area (Å²) in [6.07, 6.45) is 8.37. The van der Waals surface area contributed by atoms with E-state index in [4.69, 9.17) is 5.73 Å². The second kappa shape index (κ2) is 6.11. The fraction of sp³-hybridized carbons (Fsp3) is 0.556. The van der Waals surface area contributed by atoms with Gasteiger partial charge in [0.15, 0.2) is 11.5 Å². The Morgan fingerprint density at radius 2 is 1.91 bits per heavy atom. The lowest BCUT2D eigenvalue weighted by Crippen LogP contribution is -2.40. The summed E-state index contributed by atoms with van der Waals surface area (Å²) in [6, 6.07) is 9.89. The lowest BCUT2D eigenvalue weighted by atomic mass is 9.79. The molecule has 1 amide bonds. The van der Waals surface area contributed by atoms with Gasteiger partial charge in [0.25, 0.3) is 5.91 Å². The highest BCUT2D eigenvalue weighted by Gasteiger charge is 2.47. The molecule has 0 bridgehead atoms. The van der Waals surface area contributed by atoms with Crippen molar-refractivity contribution in [3.8, 4) is 0 Å². The van der Waals surface area contributed by atoms with E-state index in [-0.39, 0.29) is 5.91 Å². The maximum atomic E-state index is 12.8. The minimum absolute atomic E-state index is 0.00649. The van der Waals surface area contributed by atoms with E-state index in [0.717, 1.165) is 24.3 Å². The van der Waals surface area contributed by atoms with Crippen LogP contribution in [0.25, 0.3) is 0 Å². The summed E-state index contributed by atoms with van der Waals surface area (Å²) in [4.78, 5) is 18.9. The van der Waals surface area contributed by atoms with Crippen molar-refractivity contribution in [3.63, 3.8) is 0 Å². The van der Waals surface area contributed by atoms with E-state index < -0.39 is 5.54 Å². The molecule has 1 saturated carbocycles. The van der Waals surface area contributed by atoms with Gasteiger partial charge in [0, 0.05) is 7.05 Å². The molecule has 1 unspecified atom stereocenters. The lowest BCUT2D eigenvalue weighted by Gasteiger charge is -2.29. The van der Waals surface area contributed by atoms with Gasteiger partial charge in [-0.3, -0.25) is 9.69 Å². The third-order valence-electron chi connectivity index (χ3n) is 5.20. The van der Waals surface area contributed by atoms with Crippen LogP contribution >= 0.6 is 0 Å². The number of hydrogen-bond acceptors (Lipinski definition) is 3. The first-order valence-electron chi connectivity index (χ1n) is 8.32. The number of amides is 1. The molecular weight excluding hydrogens is 274 g/mol. The first-order chi connectivity index (χ1) is 10.6. The molecule has 3 rings (SSSR count). The second-order valence-electron chi connectivity index (χ2n) is 6.60. The summed E-state index contributed by atoms with van der Waals surface area (Å²) < 4.78 is 0. The topological polar surface area (TPSA) is 58.7 Å². The van der Waals surface area contributed by atoms with Gasteiger partial charge in [-0.25, -0.2) is 4.99 Å². The normalized spacial score (nSPS) is 26.3. The van der Waals surface area contributed by atoms with Crippen molar-refractivity contribution in [2.75, 3.05) is 7.05 Å². The van der Waals surface area contributed by atoms with Gasteiger partial charge in [-0.15, -0.1) is 0 Å². The van der Waals surface area contributed by atoms with Crippen molar-refractivity contribution in [1.29, 1.82) is 0 Å². The Hall–Kier alpha value is -1.84. The molecule has 118 valence electrons. The zero-order chi connectivity index (χ0) is 15.6. The third-order valence-corrected chi connectivity index (χ3v) is 5.20. The van der Waals surface area contributed by atoms with Crippen molar-refractivity contribution in [3.05, 3.63) is 35.9 Å². The third kappa shape index (κ3) is 2.62. The molecular formula is C18H25N3O. The molecule has 22 heavy (non-hydrogen) atoms. The van der Waals surface area contributed by atoms with E-state index >= 15 is 0 Å². The van der Waals surface area contributed by atoms with Gasteiger partial charge in [-0.2, -0.15) is 0 Å². The summed E-state index contributed by atoms with van der Waals surface area (Å²) in [5.41, 5.74) is 6.10. The molecule has 4 heteroatoms. The summed E-state index contributed by atoms with van der Waals surface area (Å²) >= 11 is 0. The number of benzene rings is 1. The van der Waals surface area contributed by atoms with Crippen molar-refractivity contribution < 1.29 is 4.79 Å². The molecule has 1 aliphatic carbocycles. The number of carbonyl (C=O) groups is 1. The summed E-state index contributed by atoms with van der Waals surface area (Å²) in [6.45, 7) is 0. The Labute approximate surface area is 132 Å². The highest BCUT2D eigenvalue weighted by molar-refractivity contribution is 6.06. The molecule has 1 aromatic carbocycles. The molecule has 0 spiro atoms. The number of guanidine groups is 1. The van der Waals surface area contributed by atoms with Gasteiger partial charge in [-0.1, -0.05) is 62.4 Å². The quantitative estimate of drug-likeness (QED) is 0.929. The number of carbonyl (C=O) groups excluding carboxylic acids is 1. The van der Waals surface area contributed by atoms with Gasteiger partial charge in [0.1, 0.15) is 0 Å². The van der Waals surface area contributed by atoms with E-state index in [1.807, 2.05) is 30.3 Å². The molecule has 4 nitrogen and oxygen atoms in total. The highest BCUT2D eigenvalue weighted by Crippen LogP contribution is 2.39. The number of nitrogens with zero attached hydrogens (tertiary/aromatic N) is 2. The predicted molar refractivity (Wildman–Crippen MR) is 88.3 cm³/mol. The van der Waals surface area contributed by atoms with Crippen LogP contribution < -0.4 is 5.73 Å². The van der Waals surface area contributed by atoms with E-state index in [1.165, 1.54) is 37.0 Å². The molecule has 2 N–H and O–H groups in total. The van der Waals surface area contributed by atoms with Crippen molar-refractivity contribution in [2.24, 2.45) is 16.6 Å². The van der Waals surface area contributed by atoms with Crippen molar-refractivity contribution in [1.82, 2.24) is 4.90 Å². The fourth-order valence-corrected chi connectivity index (χ4v) is 3.80. The largest absolute Gasteiger partial charge is 0.369 e. The van der Waals surface area contributed by atoms with Gasteiger partial charge >= 0.3 is 0 Å². The molecule has 1 heterocycles. The Bertz CT molecular complexity index is 563. The van der Waals surface area contributed by atoms with Crippen molar-refractivity contribution >= 4 is 11.9 Å². The van der Waals surface area contributed by atoms with E-state index in [1.54, 1.807) is 7.05 Å². The van der Waals surface area contributed by atoms with Gasteiger partial charge in [-0.05, 0) is 24.3 Å². The van der Waals surface area contributed by atoms with Crippen LogP contribution in [0.4, 0.5) is 0 Å². The maximum Gasteiger partial charge on any atom is 0.261 e. The fourth-order valence-electron chi connectivity index (χ4n) is 3.80. The zero-order valence-corrected chi connectivity index (χ0v) is 13.3. The maximum absolute atomic E-state index is 12.8. The van der Waals surface area contributed by atoms with Gasteiger partial charge in [0.2, 0.25) is 0 Å². The van der Waals surface area contributed by atoms with E-state index in [9.17, 15) is 4.79 Å². The molecule has 1 aromatic rings. The first-order valence-corrected chi connectivity index (χ1v) is 8.32. The molecule has 1 fully saturated rings. The molecule has 1 aliphatic heterocycles. The minimum Gasteiger partial charge on any atom is -0.369 e. The van der Waals surface area contributed by atoms with Crippen LogP contribution in [0.1, 0.15) is 50.5 Å². The predicted octanol–water partition coefficient (Wildman–Crippen LogP) is 3.03. The average Bonchev–Trinajstić information content (AvgIpc) is 2.80. The molecule has 0 saturated heterocycles. The van der Waals surface area contributed by atoms with Crippen molar-refractivity contribution in [2.45, 2.75) is 50.5 Å². The Kier molecular flexibility index (Phi) is 4.19. The number of hydrogen-bond donors (Lipinski definition) is 1. The molecule has 2 aliphatic rings. The highest BCUT2D eigenvalue weighted by atomic mass is 16.2. The van der Waals surface area contributed by atoms with Gasteiger partial charge < -0.3 is 5.73 Å². The summed E-state index contributed by atoms with van der Waals surface area (Å²) in [5, 5.41) is 0. The molecule has 0 radical (unpaired) electrons. The van der Waals surface area contributed by atoms with Crippen LogP contribution in [-0.2, 0) is 10.3 Å². The van der Waals surface area contributed by atoms with E-state index in [0.29, 0.717) is 5.96 Å². The van der Waals surface area contributed by atoms with E-state index in [2.05, 4.69) is 4.99 Å². The van der Waals surface area contributed by atoms with Gasteiger partial charge in [0.05, 0.1) is 0 Å². The second-order valence-corrected chi connectivity index (χ2v) is 6.60. The molecule has 1 atom stereocenters. The zero-order valence-electron chi connectivity index (χ0n) is 13.3. The monoisotopic (exact) mass is 299 g/mol. The van der Waals surface area contributed by atoms with Crippen LogP contribution in [0.15, 0.2) is 35.3 Å². The number of rotatable bonds is 4. The first kappa shape index (κ1) is 15.1. The SMILES string of the molecule is CN1C(=O)C(CCC2CCCCC2)(c2ccccc2)N=C1N. The standard InChI is InChI=1S/C18H25N3O/c1-21-16(22)18(20-17(21)19,15-10-6-3-7-11-15)13-12-14-8-4-2-5-9-14/h3,6-7,10-11,14H,2,4-5,8-9,12-13H2,1H3,(H2,19,20). The summed E-state index contributed by atoms with van der Waals surface area (Å²) in [5.74, 6) is 1.06. The van der Waals surface area contributed by atoms with Crippen LogP contribution in [-0.4, -0.2) is 23.8 Å². The Morgan fingerprint density at radius 1 is 1.23 bits per heavy atom. The Balaban J connectivity index is 1.86. The number of aliphatic imine (C=N–C) groups is 1. The number of nitrogens with two attached hydrogens (primary N) is 1. The van der Waals surface area contributed by atoms with Crippen LogP contribution in [0.3, 0.4) is 0 Å². The van der Waals surface area contributed by atoms with Crippen LogP contribution in [0.2, 0.25) is 0 Å². The van der Waals surface area contributed by atoms with Crippen LogP contribution in [0, 0.1) is 5.92 Å². The number of likely N-dealkylation sites (N-methyl/N-ethyl adjacent to an activating group) is 1. The minimum atomic E-state index is -0.808. The lowest BCUT2D eigenvalue weighted by molar-refractivity contribution is -0.131.